The van der Waals surface area contributed by atoms with Crippen molar-refractivity contribution in [3.63, 3.8) is 0 Å². The Morgan fingerprint density at radius 2 is 1.96 bits per heavy atom. The predicted molar refractivity (Wildman–Crippen MR) is 96.9 cm³/mol. The van der Waals surface area contributed by atoms with Gasteiger partial charge in [0.25, 0.3) is 0 Å². The topological polar surface area (TPSA) is 61.1 Å². The van der Waals surface area contributed by atoms with Gasteiger partial charge in [-0.1, -0.05) is 18.2 Å². The van der Waals surface area contributed by atoms with E-state index < -0.39 is 0 Å². The van der Waals surface area contributed by atoms with Gasteiger partial charge in [0.05, 0.1) is 6.54 Å². The van der Waals surface area contributed by atoms with Gasteiger partial charge < -0.3 is 19.5 Å². The quantitative estimate of drug-likeness (QED) is 0.675. The molecule has 1 amide bonds. The van der Waals surface area contributed by atoms with Crippen molar-refractivity contribution in [3.05, 3.63) is 36.1 Å². The van der Waals surface area contributed by atoms with E-state index in [-0.39, 0.29) is 18.5 Å². The van der Waals surface area contributed by atoms with E-state index >= 15 is 0 Å². The number of furan rings is 1. The summed E-state index contributed by atoms with van der Waals surface area (Å²) in [5, 5.41) is 4.37. The Labute approximate surface area is 143 Å². The first-order valence-electron chi connectivity index (χ1n) is 8.06. The molecule has 2 aromatic rings. The molecule has 0 atom stereocenters. The number of nitrogens with one attached hydrogen (secondary N) is 1. The summed E-state index contributed by atoms with van der Waals surface area (Å²) in [6.07, 6.45) is 0. The number of fused-ring (bicyclic) bond motifs is 1. The molecule has 1 heterocycles. The van der Waals surface area contributed by atoms with Gasteiger partial charge in [0.15, 0.2) is 5.96 Å². The molecule has 6 nitrogen and oxygen atoms in total. The van der Waals surface area contributed by atoms with Gasteiger partial charge in [-0.25, -0.2) is 4.99 Å². The second-order valence-corrected chi connectivity index (χ2v) is 6.33. The number of carbonyl (C=O) groups is 1. The van der Waals surface area contributed by atoms with E-state index in [9.17, 15) is 4.79 Å². The molecule has 0 saturated heterocycles. The lowest BCUT2D eigenvalue weighted by Gasteiger charge is -2.23. The maximum Gasteiger partial charge on any atom is 0.243 e. The third kappa shape index (κ3) is 4.75. The van der Waals surface area contributed by atoms with Crippen LogP contribution in [0, 0.1) is 0 Å². The summed E-state index contributed by atoms with van der Waals surface area (Å²) in [7, 11) is 5.39. The van der Waals surface area contributed by atoms with Crippen LogP contribution in [0.3, 0.4) is 0 Å². The van der Waals surface area contributed by atoms with Gasteiger partial charge in [-0.05, 0) is 26.0 Å². The van der Waals surface area contributed by atoms with E-state index in [1.54, 1.807) is 14.1 Å². The van der Waals surface area contributed by atoms with Gasteiger partial charge in [-0.3, -0.25) is 4.79 Å². The van der Waals surface area contributed by atoms with Crippen molar-refractivity contribution < 1.29 is 9.21 Å². The van der Waals surface area contributed by atoms with E-state index in [1.807, 2.05) is 56.1 Å². The number of amides is 1. The van der Waals surface area contributed by atoms with Crippen molar-refractivity contribution >= 4 is 22.8 Å². The monoisotopic (exact) mass is 330 g/mol. The highest BCUT2D eigenvalue weighted by atomic mass is 16.3. The van der Waals surface area contributed by atoms with E-state index in [1.165, 1.54) is 4.90 Å². The minimum atomic E-state index is -0.0322. The molecule has 1 aromatic carbocycles. The SMILES string of the molecule is CC(C)NC(=NCC(=O)N(C)C)N(C)Cc1cc2ccccc2o1. The minimum Gasteiger partial charge on any atom is -0.459 e. The highest BCUT2D eigenvalue weighted by Crippen LogP contribution is 2.19. The molecule has 0 unspecified atom stereocenters. The molecule has 0 aliphatic heterocycles. The van der Waals surface area contributed by atoms with Crippen LogP contribution >= 0.6 is 0 Å². The molecule has 1 N–H and O–H groups in total. The van der Waals surface area contributed by atoms with Crippen molar-refractivity contribution in [2.24, 2.45) is 4.99 Å². The molecule has 0 aliphatic carbocycles. The fourth-order valence-corrected chi connectivity index (χ4v) is 2.24. The average Bonchev–Trinajstić information content (AvgIpc) is 2.92. The highest BCUT2D eigenvalue weighted by molar-refractivity contribution is 5.85. The van der Waals surface area contributed by atoms with Crippen LogP contribution in [0.25, 0.3) is 11.0 Å². The standard InChI is InChI=1S/C18H26N4O2/c1-13(2)20-18(19-11-17(23)21(3)4)22(5)12-15-10-14-8-6-7-9-16(14)24-15/h6-10,13H,11-12H2,1-5H3,(H,19,20). The molecule has 6 heteroatoms. The molecule has 24 heavy (non-hydrogen) atoms. The van der Waals surface area contributed by atoms with Gasteiger partial charge in [0, 0.05) is 32.6 Å². The molecule has 1 aromatic heterocycles. The Bertz CT molecular complexity index is 686. The van der Waals surface area contributed by atoms with E-state index in [0.717, 1.165) is 16.7 Å². The molecular formula is C18H26N4O2. The van der Waals surface area contributed by atoms with Crippen LogP contribution in [-0.4, -0.2) is 55.4 Å². The summed E-state index contributed by atoms with van der Waals surface area (Å²) in [4.78, 5) is 19.7. The van der Waals surface area contributed by atoms with Gasteiger partial charge in [-0.15, -0.1) is 0 Å². The summed E-state index contributed by atoms with van der Waals surface area (Å²) in [5.74, 6) is 1.51. The van der Waals surface area contributed by atoms with Crippen LogP contribution in [0.15, 0.2) is 39.7 Å². The minimum absolute atomic E-state index is 0.0322. The predicted octanol–water partition coefficient (Wildman–Crippen LogP) is 2.31. The molecule has 0 bridgehead atoms. The second kappa shape index (κ2) is 7.86. The van der Waals surface area contributed by atoms with Crippen LogP contribution in [0.5, 0.6) is 0 Å². The number of carbonyl (C=O) groups excluding carboxylic acids is 1. The summed E-state index contributed by atoms with van der Waals surface area (Å²) in [5.41, 5.74) is 0.874. The summed E-state index contributed by atoms with van der Waals surface area (Å²) in [6, 6.07) is 10.2. The lowest BCUT2D eigenvalue weighted by molar-refractivity contribution is -0.127. The van der Waals surface area contributed by atoms with Crippen LogP contribution in [-0.2, 0) is 11.3 Å². The molecule has 2 rings (SSSR count). The maximum absolute atomic E-state index is 11.8. The van der Waals surface area contributed by atoms with E-state index in [2.05, 4.69) is 10.3 Å². The number of hydrogen-bond donors (Lipinski definition) is 1. The van der Waals surface area contributed by atoms with Gasteiger partial charge in [0.2, 0.25) is 5.91 Å². The zero-order valence-electron chi connectivity index (χ0n) is 15.0. The second-order valence-electron chi connectivity index (χ2n) is 6.33. The summed E-state index contributed by atoms with van der Waals surface area (Å²) in [6.45, 7) is 4.77. The van der Waals surface area contributed by atoms with Gasteiger partial charge in [0.1, 0.15) is 17.9 Å². The van der Waals surface area contributed by atoms with Crippen molar-refractivity contribution in [3.8, 4) is 0 Å². The van der Waals surface area contributed by atoms with E-state index in [4.69, 9.17) is 4.42 Å². The summed E-state index contributed by atoms with van der Waals surface area (Å²) >= 11 is 0. The number of guanidine groups is 1. The number of para-hydroxylation sites is 1. The number of aliphatic imine (C=N–C) groups is 1. The number of benzene rings is 1. The Morgan fingerprint density at radius 3 is 2.58 bits per heavy atom. The lowest BCUT2D eigenvalue weighted by Crippen LogP contribution is -2.42. The number of hydrogen-bond acceptors (Lipinski definition) is 3. The maximum atomic E-state index is 11.8. The van der Waals surface area contributed by atoms with Crippen molar-refractivity contribution in [1.29, 1.82) is 0 Å². The molecule has 0 radical (unpaired) electrons. The number of likely N-dealkylation sites (N-methyl/N-ethyl adjacent to an activating group) is 1. The van der Waals surface area contributed by atoms with Crippen molar-refractivity contribution in [2.45, 2.75) is 26.4 Å². The fourth-order valence-electron chi connectivity index (χ4n) is 2.24. The molecule has 130 valence electrons. The summed E-state index contributed by atoms with van der Waals surface area (Å²) < 4.78 is 5.86. The highest BCUT2D eigenvalue weighted by Gasteiger charge is 2.13. The number of nitrogens with zero attached hydrogens (tertiary/aromatic N) is 3. The van der Waals surface area contributed by atoms with Crippen LogP contribution in [0.2, 0.25) is 0 Å². The lowest BCUT2D eigenvalue weighted by atomic mass is 10.2. The largest absolute Gasteiger partial charge is 0.459 e. The van der Waals surface area contributed by atoms with Gasteiger partial charge in [-0.2, -0.15) is 0 Å². The zero-order chi connectivity index (χ0) is 17.7. The normalized spacial score (nSPS) is 11.8. The average molecular weight is 330 g/mol. The fraction of sp³-hybridized carbons (Fsp3) is 0.444. The van der Waals surface area contributed by atoms with Crippen LogP contribution in [0.1, 0.15) is 19.6 Å². The first-order valence-corrected chi connectivity index (χ1v) is 8.06. The van der Waals surface area contributed by atoms with Crippen LogP contribution < -0.4 is 5.32 Å². The molecule has 0 spiro atoms. The Hall–Kier alpha value is -2.50. The third-order valence-electron chi connectivity index (χ3n) is 3.51. The Kier molecular flexibility index (Phi) is 5.84. The van der Waals surface area contributed by atoms with Gasteiger partial charge >= 0.3 is 0 Å². The molecular weight excluding hydrogens is 304 g/mol. The Morgan fingerprint density at radius 1 is 1.25 bits per heavy atom. The zero-order valence-corrected chi connectivity index (χ0v) is 15.0. The molecule has 0 aliphatic rings. The molecule has 0 fully saturated rings. The number of rotatable bonds is 5. The van der Waals surface area contributed by atoms with E-state index in [0.29, 0.717) is 12.5 Å². The van der Waals surface area contributed by atoms with Crippen molar-refractivity contribution in [1.82, 2.24) is 15.1 Å². The molecule has 0 saturated carbocycles. The van der Waals surface area contributed by atoms with Crippen molar-refractivity contribution in [2.75, 3.05) is 27.7 Å². The van der Waals surface area contributed by atoms with Crippen LogP contribution in [0.4, 0.5) is 0 Å². The first kappa shape index (κ1) is 17.8. The third-order valence-corrected chi connectivity index (χ3v) is 3.51. The Balaban J connectivity index is 2.12. The smallest absolute Gasteiger partial charge is 0.243 e. The first-order chi connectivity index (χ1) is 11.4.